The summed E-state index contributed by atoms with van der Waals surface area (Å²) in [5.74, 6) is -0.580. The number of ether oxygens (including phenoxy) is 1. The Hall–Kier alpha value is -2.46. The first-order valence-electron chi connectivity index (χ1n) is 9.95. The minimum atomic E-state index is -0.479. The molecule has 31 heavy (non-hydrogen) atoms. The SMILES string of the molecule is CNCCCCn1nccc1[C@@H](Cc1ccc(Cl)cc1)[C@@H](CC(=O)NO)OC.O=CO. The molecule has 1 aromatic carbocycles. The van der Waals surface area contributed by atoms with E-state index in [1.807, 2.05) is 42.1 Å². The van der Waals surface area contributed by atoms with E-state index in [1.54, 1.807) is 18.8 Å². The van der Waals surface area contributed by atoms with Gasteiger partial charge in [-0.15, -0.1) is 0 Å². The highest BCUT2D eigenvalue weighted by molar-refractivity contribution is 6.30. The predicted octanol–water partition coefficient (Wildman–Crippen LogP) is 2.47. The van der Waals surface area contributed by atoms with E-state index in [1.165, 1.54) is 0 Å². The Morgan fingerprint density at radius 1 is 1.29 bits per heavy atom. The first-order chi connectivity index (χ1) is 15.0. The molecule has 0 aliphatic rings. The van der Waals surface area contributed by atoms with E-state index in [0.717, 1.165) is 37.2 Å². The number of rotatable bonds is 12. The van der Waals surface area contributed by atoms with Crippen LogP contribution in [0.1, 0.15) is 36.4 Å². The number of amides is 1. The average Bonchev–Trinajstić information content (AvgIpc) is 3.23. The number of carboxylic acid groups (broad SMARTS) is 1. The molecule has 0 saturated heterocycles. The minimum Gasteiger partial charge on any atom is -0.483 e. The smallest absolute Gasteiger partial charge is 0.290 e. The molecule has 9 nitrogen and oxygen atoms in total. The van der Waals surface area contributed by atoms with Crippen molar-refractivity contribution in [1.82, 2.24) is 20.6 Å². The summed E-state index contributed by atoms with van der Waals surface area (Å²) in [5, 5.41) is 24.1. The lowest BCUT2D eigenvalue weighted by molar-refractivity contribution is -0.132. The molecule has 1 aromatic heterocycles. The molecule has 2 atom stereocenters. The Bertz CT molecular complexity index is 769. The van der Waals surface area contributed by atoms with Gasteiger partial charge >= 0.3 is 0 Å². The number of carbonyl (C=O) groups is 2. The number of nitrogens with one attached hydrogen (secondary N) is 2. The van der Waals surface area contributed by atoms with Gasteiger partial charge in [-0.3, -0.25) is 19.5 Å². The van der Waals surface area contributed by atoms with Crippen LogP contribution >= 0.6 is 11.6 Å². The summed E-state index contributed by atoms with van der Waals surface area (Å²) >= 11 is 6.01. The molecular formula is C21H31ClN4O5. The number of carbonyl (C=O) groups excluding carboxylic acids is 1. The van der Waals surface area contributed by atoms with Gasteiger partial charge < -0.3 is 15.2 Å². The monoisotopic (exact) mass is 454 g/mol. The Morgan fingerprint density at radius 2 is 1.97 bits per heavy atom. The molecule has 2 rings (SSSR count). The topological polar surface area (TPSA) is 126 Å². The highest BCUT2D eigenvalue weighted by Gasteiger charge is 2.28. The van der Waals surface area contributed by atoms with Crippen LogP contribution in [0.5, 0.6) is 0 Å². The Labute approximate surface area is 187 Å². The van der Waals surface area contributed by atoms with Crippen molar-refractivity contribution >= 4 is 24.0 Å². The van der Waals surface area contributed by atoms with Gasteiger partial charge in [0.25, 0.3) is 6.47 Å². The average molecular weight is 455 g/mol. The number of benzene rings is 1. The summed E-state index contributed by atoms with van der Waals surface area (Å²) in [4.78, 5) is 20.2. The fraction of sp³-hybridized carbons (Fsp3) is 0.476. The van der Waals surface area contributed by atoms with Crippen molar-refractivity contribution in [2.75, 3.05) is 20.7 Å². The quantitative estimate of drug-likeness (QED) is 0.168. The molecule has 10 heteroatoms. The zero-order valence-electron chi connectivity index (χ0n) is 17.8. The molecule has 1 amide bonds. The molecule has 0 aliphatic heterocycles. The number of halogens is 1. The van der Waals surface area contributed by atoms with Crippen LogP contribution < -0.4 is 10.8 Å². The lowest BCUT2D eigenvalue weighted by Gasteiger charge is -2.26. The fourth-order valence-corrected chi connectivity index (χ4v) is 3.45. The second-order valence-electron chi connectivity index (χ2n) is 6.85. The van der Waals surface area contributed by atoms with E-state index in [2.05, 4.69) is 10.4 Å². The van der Waals surface area contributed by atoms with E-state index in [9.17, 15) is 4.79 Å². The normalized spacial score (nSPS) is 12.4. The summed E-state index contributed by atoms with van der Waals surface area (Å²) in [6, 6.07) is 9.63. The molecule has 172 valence electrons. The minimum absolute atomic E-state index is 0.0518. The van der Waals surface area contributed by atoms with Crippen LogP contribution in [0.3, 0.4) is 0 Å². The number of hydrogen-bond acceptors (Lipinski definition) is 6. The van der Waals surface area contributed by atoms with Crippen molar-refractivity contribution in [3.8, 4) is 0 Å². The maximum Gasteiger partial charge on any atom is 0.290 e. The summed E-state index contributed by atoms with van der Waals surface area (Å²) in [5.41, 5.74) is 3.80. The van der Waals surface area contributed by atoms with Gasteiger partial charge in [0.05, 0.1) is 12.5 Å². The number of hydroxylamine groups is 1. The molecular weight excluding hydrogens is 424 g/mol. The number of aryl methyl sites for hydroxylation is 1. The molecule has 4 N–H and O–H groups in total. The molecule has 1 heterocycles. The highest BCUT2D eigenvalue weighted by atomic mass is 35.5. The van der Waals surface area contributed by atoms with Gasteiger partial charge in [-0.2, -0.15) is 5.10 Å². The fourth-order valence-electron chi connectivity index (χ4n) is 3.33. The molecule has 0 aliphatic carbocycles. The van der Waals surface area contributed by atoms with Crippen LogP contribution in [-0.4, -0.2) is 59.3 Å². The third kappa shape index (κ3) is 9.48. The van der Waals surface area contributed by atoms with Crippen molar-refractivity contribution in [3.05, 3.63) is 52.8 Å². The van der Waals surface area contributed by atoms with Crippen molar-refractivity contribution in [2.24, 2.45) is 0 Å². The van der Waals surface area contributed by atoms with E-state index >= 15 is 0 Å². The largest absolute Gasteiger partial charge is 0.483 e. The van der Waals surface area contributed by atoms with Crippen LogP contribution in [0.25, 0.3) is 0 Å². The lowest BCUT2D eigenvalue weighted by Crippen LogP contribution is -2.32. The van der Waals surface area contributed by atoms with Crippen molar-refractivity contribution in [2.45, 2.75) is 44.2 Å². The van der Waals surface area contributed by atoms with Crippen LogP contribution in [-0.2, 0) is 27.3 Å². The van der Waals surface area contributed by atoms with Gasteiger partial charge in [-0.25, -0.2) is 5.48 Å². The molecule has 0 unspecified atom stereocenters. The molecule has 0 bridgehead atoms. The molecule has 2 aromatic rings. The predicted molar refractivity (Wildman–Crippen MR) is 117 cm³/mol. The molecule has 0 radical (unpaired) electrons. The molecule has 0 saturated carbocycles. The molecule has 0 spiro atoms. The first kappa shape index (κ1) is 26.6. The van der Waals surface area contributed by atoms with Gasteiger partial charge in [0.15, 0.2) is 0 Å². The lowest BCUT2D eigenvalue weighted by atomic mass is 9.89. The van der Waals surface area contributed by atoms with E-state index in [4.69, 9.17) is 31.4 Å². The third-order valence-electron chi connectivity index (χ3n) is 4.81. The summed E-state index contributed by atoms with van der Waals surface area (Å²) < 4.78 is 7.64. The molecule has 0 fully saturated rings. The van der Waals surface area contributed by atoms with Gasteiger partial charge in [-0.1, -0.05) is 23.7 Å². The summed E-state index contributed by atoms with van der Waals surface area (Å²) in [7, 11) is 3.52. The van der Waals surface area contributed by atoms with E-state index in [-0.39, 0.29) is 18.8 Å². The number of methoxy groups -OCH3 is 1. The Kier molecular flexibility index (Phi) is 13.2. The maximum absolute atomic E-state index is 11.8. The van der Waals surface area contributed by atoms with E-state index in [0.29, 0.717) is 11.4 Å². The van der Waals surface area contributed by atoms with Crippen LogP contribution in [0.4, 0.5) is 0 Å². The Balaban J connectivity index is 0.00000151. The third-order valence-corrected chi connectivity index (χ3v) is 5.06. The van der Waals surface area contributed by atoms with Crippen molar-refractivity contribution < 1.29 is 24.6 Å². The summed E-state index contributed by atoms with van der Waals surface area (Å²) in [6.45, 7) is 1.51. The standard InChI is InChI=1S/C20H29ClN4O3.CH2O2/c1-22-10-3-4-12-25-18(9-11-23-25)17(19(28-2)14-20(26)24-27)13-15-5-7-16(21)8-6-15;2-1-3/h5-9,11,17,19,22,27H,3-4,10,12-14H2,1-2H3,(H,24,26);1H,(H,2,3)/t17-,19-;/m1./s1. The number of nitrogens with zero attached hydrogens (tertiary/aromatic N) is 2. The second-order valence-corrected chi connectivity index (χ2v) is 7.28. The van der Waals surface area contributed by atoms with Gasteiger partial charge in [-0.05, 0) is 56.6 Å². The number of unbranched alkanes of at least 4 members (excludes halogenated alkanes) is 1. The van der Waals surface area contributed by atoms with E-state index < -0.39 is 12.0 Å². The van der Waals surface area contributed by atoms with Gasteiger partial charge in [0.1, 0.15) is 0 Å². The van der Waals surface area contributed by atoms with Crippen LogP contribution in [0.2, 0.25) is 5.02 Å². The second kappa shape index (κ2) is 15.4. The van der Waals surface area contributed by atoms with Crippen LogP contribution in [0, 0.1) is 0 Å². The number of aromatic nitrogens is 2. The summed E-state index contributed by atoms with van der Waals surface area (Å²) in [6.07, 6.45) is 4.14. The van der Waals surface area contributed by atoms with Crippen molar-refractivity contribution in [1.29, 1.82) is 0 Å². The van der Waals surface area contributed by atoms with Gasteiger partial charge in [0, 0.05) is 36.5 Å². The Morgan fingerprint density at radius 3 is 2.55 bits per heavy atom. The zero-order valence-corrected chi connectivity index (χ0v) is 18.6. The number of hydrogen-bond donors (Lipinski definition) is 4. The highest BCUT2D eigenvalue weighted by Crippen LogP contribution is 2.29. The maximum atomic E-state index is 11.8. The zero-order chi connectivity index (χ0) is 23.1. The van der Waals surface area contributed by atoms with Gasteiger partial charge in [0.2, 0.25) is 5.91 Å². The van der Waals surface area contributed by atoms with Crippen LogP contribution in [0.15, 0.2) is 36.5 Å². The van der Waals surface area contributed by atoms with Crippen molar-refractivity contribution in [3.63, 3.8) is 0 Å². The first-order valence-corrected chi connectivity index (χ1v) is 10.3.